The lowest BCUT2D eigenvalue weighted by Gasteiger charge is -2.36. The minimum absolute atomic E-state index is 0.187. The van der Waals surface area contributed by atoms with E-state index in [4.69, 9.17) is 0 Å². The van der Waals surface area contributed by atoms with E-state index >= 15 is 0 Å². The van der Waals surface area contributed by atoms with Gasteiger partial charge in [0, 0.05) is 42.4 Å². The molecule has 1 aliphatic heterocycles. The SMILES string of the molecule is C=CC(=O)Nc1ccc(SN2CCN(c3ccc(F)cc3C)CC2)cc1. The molecule has 0 aliphatic carbocycles. The molecule has 1 saturated heterocycles. The maximum atomic E-state index is 13.3. The minimum atomic E-state index is -0.211. The van der Waals surface area contributed by atoms with Crippen LogP contribution in [-0.2, 0) is 4.79 Å². The summed E-state index contributed by atoms with van der Waals surface area (Å²) < 4.78 is 15.6. The summed E-state index contributed by atoms with van der Waals surface area (Å²) in [5.74, 6) is -0.397. The number of carbonyl (C=O) groups is 1. The van der Waals surface area contributed by atoms with Gasteiger partial charge in [-0.25, -0.2) is 8.70 Å². The number of hydrogen-bond acceptors (Lipinski definition) is 4. The third kappa shape index (κ3) is 4.65. The number of nitrogens with one attached hydrogen (secondary N) is 1. The summed E-state index contributed by atoms with van der Waals surface area (Å²) in [6.07, 6.45) is 1.25. The van der Waals surface area contributed by atoms with Crippen molar-refractivity contribution in [1.29, 1.82) is 0 Å². The maximum absolute atomic E-state index is 13.3. The smallest absolute Gasteiger partial charge is 0.247 e. The maximum Gasteiger partial charge on any atom is 0.247 e. The topological polar surface area (TPSA) is 35.6 Å². The largest absolute Gasteiger partial charge is 0.369 e. The summed E-state index contributed by atoms with van der Waals surface area (Å²) in [6, 6.07) is 12.8. The zero-order chi connectivity index (χ0) is 18.5. The molecule has 1 aliphatic rings. The lowest BCUT2D eigenvalue weighted by Crippen LogP contribution is -2.43. The summed E-state index contributed by atoms with van der Waals surface area (Å²) >= 11 is 1.72. The number of benzene rings is 2. The zero-order valence-corrected chi connectivity index (χ0v) is 15.6. The second-order valence-corrected chi connectivity index (χ2v) is 7.33. The third-order valence-corrected chi connectivity index (χ3v) is 5.39. The van der Waals surface area contributed by atoms with Crippen molar-refractivity contribution < 1.29 is 9.18 Å². The third-order valence-electron chi connectivity index (χ3n) is 4.28. The highest BCUT2D eigenvalue weighted by atomic mass is 32.2. The van der Waals surface area contributed by atoms with Gasteiger partial charge in [-0.1, -0.05) is 6.58 Å². The second-order valence-electron chi connectivity index (χ2n) is 6.16. The quantitative estimate of drug-likeness (QED) is 0.634. The molecule has 0 saturated carbocycles. The Kier molecular flexibility index (Phi) is 5.96. The molecule has 1 heterocycles. The summed E-state index contributed by atoms with van der Waals surface area (Å²) in [4.78, 5) is 14.7. The first-order valence-corrected chi connectivity index (χ1v) is 9.30. The standard InChI is InChI=1S/C20H22FN3OS/c1-3-20(25)22-17-5-7-18(8-6-17)26-24-12-10-23(11-13-24)19-9-4-16(21)14-15(19)2/h3-9,14H,1,10-13H2,2H3,(H,22,25). The van der Waals surface area contributed by atoms with Crippen molar-refractivity contribution in [3.8, 4) is 0 Å². The molecule has 1 N–H and O–H groups in total. The fourth-order valence-electron chi connectivity index (χ4n) is 2.94. The van der Waals surface area contributed by atoms with E-state index in [1.165, 1.54) is 12.1 Å². The zero-order valence-electron chi connectivity index (χ0n) is 14.7. The van der Waals surface area contributed by atoms with Crippen molar-refractivity contribution in [2.24, 2.45) is 0 Å². The van der Waals surface area contributed by atoms with Crippen molar-refractivity contribution in [2.75, 3.05) is 36.4 Å². The Bertz CT molecular complexity index is 786. The summed E-state index contributed by atoms with van der Waals surface area (Å²) in [5, 5.41) is 2.74. The molecule has 0 spiro atoms. The van der Waals surface area contributed by atoms with Crippen LogP contribution < -0.4 is 10.2 Å². The van der Waals surface area contributed by atoms with Crippen molar-refractivity contribution in [3.63, 3.8) is 0 Å². The van der Waals surface area contributed by atoms with Gasteiger partial charge >= 0.3 is 0 Å². The van der Waals surface area contributed by atoms with Crippen LogP contribution in [0, 0.1) is 12.7 Å². The molecule has 0 radical (unpaired) electrons. The van der Waals surface area contributed by atoms with Crippen molar-refractivity contribution in [2.45, 2.75) is 11.8 Å². The van der Waals surface area contributed by atoms with Crippen LogP contribution in [0.25, 0.3) is 0 Å². The van der Waals surface area contributed by atoms with Gasteiger partial charge in [-0.3, -0.25) is 4.79 Å². The molecule has 0 atom stereocenters. The molecule has 1 amide bonds. The summed E-state index contributed by atoms with van der Waals surface area (Å²) in [7, 11) is 0. The summed E-state index contributed by atoms with van der Waals surface area (Å²) in [5.41, 5.74) is 2.84. The van der Waals surface area contributed by atoms with Crippen LogP contribution in [0.2, 0.25) is 0 Å². The molecule has 1 fully saturated rings. The molecule has 0 aromatic heterocycles. The van der Waals surface area contributed by atoms with Gasteiger partial charge in [-0.15, -0.1) is 0 Å². The van der Waals surface area contributed by atoms with Crippen LogP contribution in [0.3, 0.4) is 0 Å². The molecule has 0 bridgehead atoms. The molecule has 0 unspecified atom stereocenters. The number of amides is 1. The van der Waals surface area contributed by atoms with E-state index < -0.39 is 0 Å². The lowest BCUT2D eigenvalue weighted by atomic mass is 10.1. The average molecular weight is 371 g/mol. The number of piperazine rings is 1. The van der Waals surface area contributed by atoms with E-state index in [-0.39, 0.29) is 11.7 Å². The van der Waals surface area contributed by atoms with Gasteiger partial charge in [0.15, 0.2) is 0 Å². The Morgan fingerprint density at radius 2 is 1.85 bits per heavy atom. The number of rotatable bonds is 5. The van der Waals surface area contributed by atoms with Crippen LogP contribution in [0.5, 0.6) is 0 Å². The van der Waals surface area contributed by atoms with Crippen molar-refractivity contribution in [3.05, 3.63) is 66.5 Å². The Morgan fingerprint density at radius 3 is 2.46 bits per heavy atom. The van der Waals surface area contributed by atoms with E-state index in [1.54, 1.807) is 18.0 Å². The highest BCUT2D eigenvalue weighted by Gasteiger charge is 2.19. The Balaban J connectivity index is 1.54. The van der Waals surface area contributed by atoms with Gasteiger partial charge in [-0.05, 0) is 73.0 Å². The predicted molar refractivity (Wildman–Crippen MR) is 106 cm³/mol. The van der Waals surface area contributed by atoms with E-state index in [0.717, 1.165) is 48.0 Å². The second kappa shape index (κ2) is 8.38. The van der Waals surface area contributed by atoms with E-state index in [9.17, 15) is 9.18 Å². The summed E-state index contributed by atoms with van der Waals surface area (Å²) in [6.45, 7) is 9.07. The van der Waals surface area contributed by atoms with Crippen LogP contribution in [0.15, 0.2) is 60.0 Å². The monoisotopic (exact) mass is 371 g/mol. The molecule has 6 heteroatoms. The van der Waals surface area contributed by atoms with Gasteiger partial charge in [0.25, 0.3) is 0 Å². The van der Waals surface area contributed by atoms with Gasteiger partial charge in [-0.2, -0.15) is 0 Å². The molecule has 136 valence electrons. The fraction of sp³-hybridized carbons (Fsp3) is 0.250. The Labute approximate surface area is 157 Å². The average Bonchev–Trinajstić information content (AvgIpc) is 2.64. The molecule has 2 aromatic rings. The van der Waals surface area contributed by atoms with Crippen LogP contribution in [-0.4, -0.2) is 36.4 Å². The van der Waals surface area contributed by atoms with E-state index in [0.29, 0.717) is 0 Å². The highest BCUT2D eigenvalue weighted by molar-refractivity contribution is 7.97. The first-order valence-electron chi connectivity index (χ1n) is 8.52. The van der Waals surface area contributed by atoms with Crippen LogP contribution in [0.4, 0.5) is 15.8 Å². The normalized spacial score (nSPS) is 14.9. The molecular formula is C20H22FN3OS. The van der Waals surface area contributed by atoms with Gasteiger partial charge in [0.2, 0.25) is 5.91 Å². The van der Waals surface area contributed by atoms with Crippen LogP contribution in [0.1, 0.15) is 5.56 Å². The number of nitrogens with zero attached hydrogens (tertiary/aromatic N) is 2. The van der Waals surface area contributed by atoms with Crippen molar-refractivity contribution in [1.82, 2.24) is 4.31 Å². The number of carbonyl (C=O) groups excluding carboxylic acids is 1. The first kappa shape index (κ1) is 18.5. The predicted octanol–water partition coefficient (Wildman–Crippen LogP) is 4.09. The Hall–Kier alpha value is -2.31. The number of hydrogen-bond donors (Lipinski definition) is 1. The molecule has 26 heavy (non-hydrogen) atoms. The highest BCUT2D eigenvalue weighted by Crippen LogP contribution is 2.28. The van der Waals surface area contributed by atoms with E-state index in [1.807, 2.05) is 37.3 Å². The minimum Gasteiger partial charge on any atom is -0.369 e. The number of aryl methyl sites for hydroxylation is 1. The van der Waals surface area contributed by atoms with Crippen LogP contribution >= 0.6 is 11.9 Å². The molecule has 4 nitrogen and oxygen atoms in total. The molecular weight excluding hydrogens is 349 g/mol. The lowest BCUT2D eigenvalue weighted by molar-refractivity contribution is -0.111. The molecule has 3 rings (SSSR count). The fourth-order valence-corrected chi connectivity index (χ4v) is 3.84. The van der Waals surface area contributed by atoms with E-state index in [2.05, 4.69) is 21.1 Å². The first-order chi connectivity index (χ1) is 12.5. The van der Waals surface area contributed by atoms with Gasteiger partial charge < -0.3 is 10.2 Å². The number of halogens is 1. The molecule has 2 aromatic carbocycles. The number of anilines is 2. The van der Waals surface area contributed by atoms with Gasteiger partial charge in [0.05, 0.1) is 0 Å². The van der Waals surface area contributed by atoms with Crippen molar-refractivity contribution >= 4 is 29.2 Å². The Morgan fingerprint density at radius 1 is 1.15 bits per heavy atom. The van der Waals surface area contributed by atoms with Gasteiger partial charge in [0.1, 0.15) is 5.82 Å².